The van der Waals surface area contributed by atoms with E-state index in [0.29, 0.717) is 11.6 Å². The van der Waals surface area contributed by atoms with Crippen molar-refractivity contribution >= 4 is 17.3 Å². The van der Waals surface area contributed by atoms with Gasteiger partial charge < -0.3 is 16.4 Å². The van der Waals surface area contributed by atoms with Gasteiger partial charge in [-0.1, -0.05) is 0 Å². The summed E-state index contributed by atoms with van der Waals surface area (Å²) in [4.78, 5) is 21.9. The number of piperidine rings is 1. The zero-order chi connectivity index (χ0) is 15.4. The van der Waals surface area contributed by atoms with Gasteiger partial charge in [0.25, 0.3) is 5.69 Å². The van der Waals surface area contributed by atoms with Crippen molar-refractivity contribution in [2.45, 2.75) is 25.8 Å². The summed E-state index contributed by atoms with van der Waals surface area (Å²) in [5.74, 6) is -0.199. The van der Waals surface area contributed by atoms with Gasteiger partial charge in [0.05, 0.1) is 4.92 Å². The van der Waals surface area contributed by atoms with Crippen molar-refractivity contribution in [1.82, 2.24) is 5.32 Å². The minimum atomic E-state index is -0.597. The smallest absolute Gasteiger partial charge is 0.292 e. The first-order chi connectivity index (χ1) is 9.99. The number of nitrogens with one attached hydrogen (secondary N) is 2. The maximum absolute atomic E-state index is 11.2. The van der Waals surface area contributed by atoms with E-state index in [9.17, 15) is 14.9 Å². The van der Waals surface area contributed by atoms with E-state index in [1.54, 1.807) is 0 Å². The van der Waals surface area contributed by atoms with Gasteiger partial charge in [-0.3, -0.25) is 14.9 Å². The number of amides is 1. The van der Waals surface area contributed by atoms with Crippen LogP contribution in [0, 0.1) is 16.0 Å². The summed E-state index contributed by atoms with van der Waals surface area (Å²) in [5, 5.41) is 17.6. The van der Waals surface area contributed by atoms with Gasteiger partial charge >= 0.3 is 0 Å². The fourth-order valence-corrected chi connectivity index (χ4v) is 2.63. The summed E-state index contributed by atoms with van der Waals surface area (Å²) >= 11 is 0. The molecule has 2 unspecified atom stereocenters. The Kier molecular flexibility index (Phi) is 4.74. The number of nitrogens with two attached hydrogens (primary N) is 1. The number of carbonyl (C=O) groups is 1. The Balaban J connectivity index is 2.21. The highest BCUT2D eigenvalue weighted by Crippen LogP contribution is 2.28. The molecule has 1 aromatic carbocycles. The number of nitrogens with zero attached hydrogens (tertiary/aromatic N) is 1. The number of rotatable bonds is 5. The Hall–Kier alpha value is -2.15. The Morgan fingerprint density at radius 2 is 2.33 bits per heavy atom. The lowest BCUT2D eigenvalue weighted by Crippen LogP contribution is -2.38. The number of hydrogen-bond donors (Lipinski definition) is 3. The van der Waals surface area contributed by atoms with Gasteiger partial charge in [-0.15, -0.1) is 0 Å². The first-order valence-corrected chi connectivity index (χ1v) is 7.04. The van der Waals surface area contributed by atoms with Gasteiger partial charge in [-0.25, -0.2) is 0 Å². The standard InChI is InChI=1S/C14H20N4O3/c1-9(11-3-2-6-16-8-11)17-12-7-10(14(15)19)4-5-13(12)18(20)21/h4-5,7,9,11,16-17H,2-3,6,8H2,1H3,(H2,15,19). The maximum Gasteiger partial charge on any atom is 0.292 e. The van der Waals surface area contributed by atoms with Gasteiger partial charge in [-0.2, -0.15) is 0 Å². The molecule has 2 rings (SSSR count). The molecular weight excluding hydrogens is 272 g/mol. The molecule has 0 bridgehead atoms. The minimum absolute atomic E-state index is 0.0457. The molecule has 1 aliphatic heterocycles. The monoisotopic (exact) mass is 292 g/mol. The summed E-state index contributed by atoms with van der Waals surface area (Å²) in [6, 6.07) is 4.21. The summed E-state index contributed by atoms with van der Waals surface area (Å²) in [7, 11) is 0. The molecule has 21 heavy (non-hydrogen) atoms. The highest BCUT2D eigenvalue weighted by molar-refractivity contribution is 5.94. The average Bonchev–Trinajstić information content (AvgIpc) is 2.47. The molecule has 114 valence electrons. The molecule has 7 heteroatoms. The highest BCUT2D eigenvalue weighted by atomic mass is 16.6. The number of nitro groups is 1. The van der Waals surface area contributed by atoms with Crippen LogP contribution in [0.25, 0.3) is 0 Å². The average molecular weight is 292 g/mol. The number of benzene rings is 1. The van der Waals surface area contributed by atoms with Crippen LogP contribution in [0.1, 0.15) is 30.1 Å². The molecule has 1 amide bonds. The van der Waals surface area contributed by atoms with Gasteiger partial charge in [0, 0.05) is 17.7 Å². The van der Waals surface area contributed by atoms with Gasteiger partial charge in [0.15, 0.2) is 0 Å². The summed E-state index contributed by atoms with van der Waals surface area (Å²) in [6.07, 6.45) is 2.17. The zero-order valence-electron chi connectivity index (χ0n) is 12.0. The predicted molar refractivity (Wildman–Crippen MR) is 80.3 cm³/mol. The van der Waals surface area contributed by atoms with Crippen LogP contribution in [0.5, 0.6) is 0 Å². The number of nitro benzene ring substituents is 1. The van der Waals surface area contributed by atoms with E-state index in [1.807, 2.05) is 6.92 Å². The van der Waals surface area contributed by atoms with E-state index in [4.69, 9.17) is 5.73 Å². The second-order valence-corrected chi connectivity index (χ2v) is 5.39. The summed E-state index contributed by atoms with van der Waals surface area (Å²) < 4.78 is 0. The van der Waals surface area contributed by atoms with E-state index in [1.165, 1.54) is 18.2 Å². The first kappa shape index (κ1) is 15.2. The fourth-order valence-electron chi connectivity index (χ4n) is 2.63. The van der Waals surface area contributed by atoms with Crippen LogP contribution in [0.2, 0.25) is 0 Å². The van der Waals surface area contributed by atoms with E-state index >= 15 is 0 Å². The summed E-state index contributed by atoms with van der Waals surface area (Å²) in [5.41, 5.74) is 5.79. The Labute approximate surface area is 123 Å². The molecule has 4 N–H and O–H groups in total. The van der Waals surface area contributed by atoms with Crippen LogP contribution < -0.4 is 16.4 Å². The topological polar surface area (TPSA) is 110 Å². The Morgan fingerprint density at radius 3 is 2.90 bits per heavy atom. The lowest BCUT2D eigenvalue weighted by atomic mass is 9.92. The van der Waals surface area contributed by atoms with Crippen LogP contribution in [-0.2, 0) is 0 Å². The molecule has 1 aliphatic rings. The van der Waals surface area contributed by atoms with E-state index in [-0.39, 0.29) is 17.3 Å². The van der Waals surface area contributed by atoms with Crippen LogP contribution in [0.15, 0.2) is 18.2 Å². The predicted octanol–water partition coefficient (Wildman–Crippen LogP) is 1.49. The van der Waals surface area contributed by atoms with Crippen molar-refractivity contribution in [1.29, 1.82) is 0 Å². The zero-order valence-corrected chi connectivity index (χ0v) is 12.0. The van der Waals surface area contributed by atoms with Gasteiger partial charge in [0.2, 0.25) is 5.91 Å². The van der Waals surface area contributed by atoms with Gasteiger partial charge in [0.1, 0.15) is 5.69 Å². The molecule has 0 spiro atoms. The van der Waals surface area contributed by atoms with Crippen LogP contribution >= 0.6 is 0 Å². The van der Waals surface area contributed by atoms with Crippen molar-refractivity contribution in [3.8, 4) is 0 Å². The number of anilines is 1. The number of hydrogen-bond acceptors (Lipinski definition) is 5. The highest BCUT2D eigenvalue weighted by Gasteiger charge is 2.23. The van der Waals surface area contributed by atoms with Crippen molar-refractivity contribution in [2.24, 2.45) is 11.7 Å². The molecular formula is C14H20N4O3. The summed E-state index contributed by atoms with van der Waals surface area (Å²) in [6.45, 7) is 3.90. The van der Waals surface area contributed by atoms with Crippen LogP contribution in [-0.4, -0.2) is 30.0 Å². The van der Waals surface area contributed by atoms with Crippen LogP contribution in [0.4, 0.5) is 11.4 Å². The van der Waals surface area contributed by atoms with Gasteiger partial charge in [-0.05, 0) is 50.9 Å². The third kappa shape index (κ3) is 3.69. The van der Waals surface area contributed by atoms with E-state index in [0.717, 1.165) is 25.9 Å². The largest absolute Gasteiger partial charge is 0.377 e. The minimum Gasteiger partial charge on any atom is -0.377 e. The van der Waals surface area contributed by atoms with Crippen molar-refractivity contribution in [3.63, 3.8) is 0 Å². The van der Waals surface area contributed by atoms with E-state index in [2.05, 4.69) is 10.6 Å². The fraction of sp³-hybridized carbons (Fsp3) is 0.500. The van der Waals surface area contributed by atoms with Crippen LogP contribution in [0.3, 0.4) is 0 Å². The maximum atomic E-state index is 11.2. The first-order valence-electron chi connectivity index (χ1n) is 7.04. The molecule has 1 saturated heterocycles. The third-order valence-electron chi connectivity index (χ3n) is 3.90. The molecule has 0 aromatic heterocycles. The quantitative estimate of drug-likeness (QED) is 0.562. The Morgan fingerprint density at radius 1 is 1.57 bits per heavy atom. The Bertz CT molecular complexity index is 541. The molecule has 1 heterocycles. The second-order valence-electron chi connectivity index (χ2n) is 5.39. The normalized spacial score (nSPS) is 19.8. The van der Waals surface area contributed by atoms with Crippen molar-refractivity contribution in [3.05, 3.63) is 33.9 Å². The third-order valence-corrected chi connectivity index (χ3v) is 3.90. The number of carbonyl (C=O) groups excluding carboxylic acids is 1. The lowest BCUT2D eigenvalue weighted by molar-refractivity contribution is -0.384. The lowest BCUT2D eigenvalue weighted by Gasteiger charge is -2.29. The molecule has 1 aromatic rings. The van der Waals surface area contributed by atoms with Crippen molar-refractivity contribution < 1.29 is 9.72 Å². The molecule has 0 aliphatic carbocycles. The molecule has 2 atom stereocenters. The molecule has 0 saturated carbocycles. The SMILES string of the molecule is CC(Nc1cc(C(N)=O)ccc1[N+](=O)[O-])C1CCCNC1. The molecule has 7 nitrogen and oxygen atoms in total. The molecule has 1 fully saturated rings. The molecule has 0 radical (unpaired) electrons. The number of primary amides is 1. The van der Waals surface area contributed by atoms with E-state index < -0.39 is 10.8 Å². The second kappa shape index (κ2) is 6.53. The van der Waals surface area contributed by atoms with Crippen molar-refractivity contribution in [2.75, 3.05) is 18.4 Å².